The maximum atomic E-state index is 11.8. The van der Waals surface area contributed by atoms with Crippen molar-refractivity contribution in [3.8, 4) is 0 Å². The van der Waals surface area contributed by atoms with Crippen molar-refractivity contribution >= 4 is 23.2 Å². The van der Waals surface area contributed by atoms with Gasteiger partial charge in [-0.3, -0.25) is 4.74 Å². The molecule has 1 atom stereocenters. The quantitative estimate of drug-likeness (QED) is 0.629. The van der Waals surface area contributed by atoms with Crippen molar-refractivity contribution < 1.29 is 17.9 Å². The van der Waals surface area contributed by atoms with Crippen molar-refractivity contribution in [2.75, 3.05) is 0 Å². The molecule has 1 aliphatic rings. The zero-order valence-corrected chi connectivity index (χ0v) is 7.75. The molecular formula is C7H5Cl2F3O. The van der Waals surface area contributed by atoms with Crippen LogP contribution in [0.3, 0.4) is 0 Å². The van der Waals surface area contributed by atoms with Gasteiger partial charge in [0.2, 0.25) is 0 Å². The summed E-state index contributed by atoms with van der Waals surface area (Å²) in [4.78, 5) is 0. The molecule has 6 heteroatoms. The fourth-order valence-corrected chi connectivity index (χ4v) is 1.52. The Morgan fingerprint density at radius 1 is 1.46 bits per heavy atom. The lowest BCUT2D eigenvalue weighted by atomic mass is 10.1. The Bertz CT molecular complexity index is 259. The Morgan fingerprint density at radius 2 is 2.08 bits per heavy atom. The molecule has 0 radical (unpaired) electrons. The van der Waals surface area contributed by atoms with E-state index in [4.69, 9.17) is 23.2 Å². The fourth-order valence-electron chi connectivity index (χ4n) is 0.909. The number of allylic oxidation sites excluding steroid dienone is 2. The SMILES string of the molecule is FC(F)(F)OC1(Cl)C=C(Cl)C=CC1. The summed E-state index contributed by atoms with van der Waals surface area (Å²) >= 11 is 11.0. The molecule has 0 spiro atoms. The lowest BCUT2D eigenvalue weighted by Gasteiger charge is -2.25. The second-order valence-corrected chi connectivity index (χ2v) is 3.55. The summed E-state index contributed by atoms with van der Waals surface area (Å²) in [6, 6.07) is 0. The smallest absolute Gasteiger partial charge is 0.265 e. The van der Waals surface area contributed by atoms with Gasteiger partial charge in [-0.15, -0.1) is 13.2 Å². The molecule has 0 aromatic heterocycles. The largest absolute Gasteiger partial charge is 0.524 e. The predicted molar refractivity (Wildman–Crippen MR) is 43.4 cm³/mol. The van der Waals surface area contributed by atoms with E-state index in [1.54, 1.807) is 0 Å². The number of halogens is 5. The summed E-state index contributed by atoms with van der Waals surface area (Å²) in [7, 11) is 0. The van der Waals surface area contributed by atoms with Gasteiger partial charge in [0.15, 0.2) is 5.06 Å². The number of alkyl halides is 4. The lowest BCUT2D eigenvalue weighted by molar-refractivity contribution is -0.344. The van der Waals surface area contributed by atoms with Crippen LogP contribution in [0.5, 0.6) is 0 Å². The Hall–Kier alpha value is -0.190. The predicted octanol–water partition coefficient (Wildman–Crippen LogP) is 3.54. The van der Waals surface area contributed by atoms with Crippen molar-refractivity contribution in [3.63, 3.8) is 0 Å². The van der Waals surface area contributed by atoms with Crippen LogP contribution in [-0.2, 0) is 4.74 Å². The Balaban J connectivity index is 2.73. The first-order valence-corrected chi connectivity index (χ1v) is 4.07. The van der Waals surface area contributed by atoms with E-state index in [1.807, 2.05) is 0 Å². The first-order valence-electron chi connectivity index (χ1n) is 3.31. The minimum atomic E-state index is -4.76. The van der Waals surface area contributed by atoms with E-state index in [-0.39, 0.29) is 11.5 Å². The first kappa shape index (κ1) is 10.9. The molecule has 74 valence electrons. The summed E-state index contributed by atoms with van der Waals surface area (Å²) in [6.07, 6.45) is -0.933. The molecular weight excluding hydrogens is 228 g/mol. The van der Waals surface area contributed by atoms with Crippen LogP contribution in [0.1, 0.15) is 6.42 Å². The average Bonchev–Trinajstić information content (AvgIpc) is 1.79. The standard InChI is InChI=1S/C7H5Cl2F3O/c8-5-2-1-3-6(9,4-5)13-7(10,11)12/h1-2,4H,3H2. The van der Waals surface area contributed by atoms with Crippen molar-refractivity contribution in [1.29, 1.82) is 0 Å². The fraction of sp³-hybridized carbons (Fsp3) is 0.429. The molecule has 0 heterocycles. The highest BCUT2D eigenvalue weighted by Crippen LogP contribution is 2.36. The number of hydrogen-bond acceptors (Lipinski definition) is 1. The summed E-state index contributed by atoms with van der Waals surface area (Å²) in [5.74, 6) is 0. The maximum absolute atomic E-state index is 11.8. The number of rotatable bonds is 1. The topological polar surface area (TPSA) is 9.23 Å². The second kappa shape index (κ2) is 3.52. The molecule has 0 fully saturated rings. The van der Waals surface area contributed by atoms with Crippen LogP contribution in [0.15, 0.2) is 23.3 Å². The zero-order valence-electron chi connectivity index (χ0n) is 6.24. The van der Waals surface area contributed by atoms with Gasteiger partial charge in [0.25, 0.3) is 0 Å². The van der Waals surface area contributed by atoms with Gasteiger partial charge in [-0.1, -0.05) is 29.3 Å². The minimum absolute atomic E-state index is 0.0652. The molecule has 0 aromatic carbocycles. The van der Waals surface area contributed by atoms with E-state index in [2.05, 4.69) is 4.74 Å². The summed E-state index contributed by atoms with van der Waals surface area (Å²) in [5.41, 5.74) is 0. The molecule has 0 amide bonds. The van der Waals surface area contributed by atoms with Crippen molar-refractivity contribution in [1.82, 2.24) is 0 Å². The van der Waals surface area contributed by atoms with Crippen LogP contribution < -0.4 is 0 Å². The van der Waals surface area contributed by atoms with Crippen LogP contribution in [0.2, 0.25) is 0 Å². The number of ether oxygens (including phenoxy) is 1. The number of hydrogen-bond donors (Lipinski definition) is 0. The van der Waals surface area contributed by atoms with Gasteiger partial charge in [0, 0.05) is 11.5 Å². The van der Waals surface area contributed by atoms with Crippen molar-refractivity contribution in [2.24, 2.45) is 0 Å². The Labute approximate surface area is 82.8 Å². The van der Waals surface area contributed by atoms with Gasteiger partial charge >= 0.3 is 6.36 Å². The lowest BCUT2D eigenvalue weighted by Crippen LogP contribution is -2.31. The third kappa shape index (κ3) is 3.58. The van der Waals surface area contributed by atoms with Crippen LogP contribution >= 0.6 is 23.2 Å². The minimum Gasteiger partial charge on any atom is -0.265 e. The average molecular weight is 233 g/mol. The molecule has 0 bridgehead atoms. The van der Waals surface area contributed by atoms with Crippen molar-refractivity contribution in [3.05, 3.63) is 23.3 Å². The molecule has 0 N–H and O–H groups in total. The van der Waals surface area contributed by atoms with E-state index < -0.39 is 11.4 Å². The third-order valence-corrected chi connectivity index (χ3v) is 1.89. The highest BCUT2D eigenvalue weighted by atomic mass is 35.5. The van der Waals surface area contributed by atoms with Gasteiger partial charge in [-0.25, -0.2) is 0 Å². The van der Waals surface area contributed by atoms with Gasteiger partial charge < -0.3 is 0 Å². The van der Waals surface area contributed by atoms with E-state index in [1.165, 1.54) is 12.2 Å². The Kier molecular flexibility index (Phi) is 2.95. The maximum Gasteiger partial charge on any atom is 0.524 e. The van der Waals surface area contributed by atoms with Crippen LogP contribution in [0.4, 0.5) is 13.2 Å². The third-order valence-electron chi connectivity index (χ3n) is 1.31. The van der Waals surface area contributed by atoms with Gasteiger partial charge in [-0.2, -0.15) is 0 Å². The van der Waals surface area contributed by atoms with E-state index in [0.717, 1.165) is 6.08 Å². The van der Waals surface area contributed by atoms with Crippen LogP contribution in [0.25, 0.3) is 0 Å². The summed E-state index contributed by atoms with van der Waals surface area (Å²) < 4.78 is 39.1. The first-order chi connectivity index (χ1) is 5.81. The molecule has 1 unspecified atom stereocenters. The highest BCUT2D eigenvalue weighted by molar-refractivity contribution is 6.33. The molecule has 1 rings (SSSR count). The zero-order chi connectivity index (χ0) is 10.1. The molecule has 0 saturated heterocycles. The van der Waals surface area contributed by atoms with Crippen LogP contribution in [-0.4, -0.2) is 11.4 Å². The van der Waals surface area contributed by atoms with Crippen LogP contribution in [0, 0.1) is 0 Å². The molecule has 0 saturated carbocycles. The molecule has 13 heavy (non-hydrogen) atoms. The second-order valence-electron chi connectivity index (χ2n) is 2.47. The van der Waals surface area contributed by atoms with Crippen molar-refractivity contribution in [2.45, 2.75) is 17.8 Å². The van der Waals surface area contributed by atoms with Gasteiger partial charge in [0.1, 0.15) is 0 Å². The molecule has 1 nitrogen and oxygen atoms in total. The van der Waals surface area contributed by atoms with E-state index in [9.17, 15) is 13.2 Å². The van der Waals surface area contributed by atoms with Gasteiger partial charge in [0.05, 0.1) is 0 Å². The molecule has 1 aliphatic carbocycles. The normalized spacial score (nSPS) is 28.8. The van der Waals surface area contributed by atoms with E-state index in [0.29, 0.717) is 0 Å². The van der Waals surface area contributed by atoms with E-state index >= 15 is 0 Å². The highest BCUT2D eigenvalue weighted by Gasteiger charge is 2.41. The van der Waals surface area contributed by atoms with Gasteiger partial charge in [-0.05, 0) is 12.2 Å². The molecule has 0 aromatic rings. The summed E-state index contributed by atoms with van der Waals surface area (Å²) in [5, 5.41) is -1.77. The summed E-state index contributed by atoms with van der Waals surface area (Å²) in [6.45, 7) is 0. The Morgan fingerprint density at radius 3 is 2.54 bits per heavy atom. The molecule has 0 aliphatic heterocycles. The monoisotopic (exact) mass is 232 g/mol.